The molecule has 2 atom stereocenters. The molecule has 1 aliphatic rings. The van der Waals surface area contributed by atoms with Crippen LogP contribution < -0.4 is 16.0 Å². The van der Waals surface area contributed by atoms with Crippen LogP contribution in [-0.2, 0) is 22.6 Å². The van der Waals surface area contributed by atoms with Crippen LogP contribution in [0.3, 0.4) is 0 Å². The zero-order chi connectivity index (χ0) is 17.8. The van der Waals surface area contributed by atoms with E-state index in [0.29, 0.717) is 13.0 Å². The van der Waals surface area contributed by atoms with Gasteiger partial charge in [0.1, 0.15) is 0 Å². The van der Waals surface area contributed by atoms with E-state index < -0.39 is 0 Å². The van der Waals surface area contributed by atoms with Crippen LogP contribution in [0.4, 0.5) is 5.69 Å². The van der Waals surface area contributed by atoms with Gasteiger partial charge in [-0.25, -0.2) is 0 Å². The van der Waals surface area contributed by atoms with Gasteiger partial charge in [-0.05, 0) is 42.2 Å². The molecule has 130 valence electrons. The number of amides is 2. The van der Waals surface area contributed by atoms with E-state index in [1.807, 2.05) is 43.3 Å². The highest BCUT2D eigenvalue weighted by molar-refractivity contribution is 5.88. The van der Waals surface area contributed by atoms with E-state index in [1.165, 1.54) is 18.1 Å². The first-order valence-electron chi connectivity index (χ1n) is 8.51. The fraction of sp³-hybridized carbons (Fsp3) is 0.300. The first kappa shape index (κ1) is 17.2. The van der Waals surface area contributed by atoms with Crippen molar-refractivity contribution in [1.82, 2.24) is 10.6 Å². The molecular weight excluding hydrogens is 314 g/mol. The summed E-state index contributed by atoms with van der Waals surface area (Å²) in [6.07, 6.45) is 0.695. The molecule has 0 aliphatic carbocycles. The number of benzene rings is 2. The maximum Gasteiger partial charge on any atom is 0.237 e. The number of rotatable bonds is 4. The van der Waals surface area contributed by atoms with Gasteiger partial charge in [0.05, 0.1) is 12.1 Å². The Balaban J connectivity index is 1.64. The molecule has 2 amide bonds. The van der Waals surface area contributed by atoms with Crippen molar-refractivity contribution >= 4 is 17.5 Å². The average molecular weight is 337 g/mol. The molecular formula is C20H23N3O2. The fourth-order valence-corrected chi connectivity index (χ4v) is 3.13. The second-order valence-electron chi connectivity index (χ2n) is 6.44. The maximum atomic E-state index is 12.6. The van der Waals surface area contributed by atoms with Crippen molar-refractivity contribution in [2.75, 3.05) is 5.32 Å². The molecule has 2 unspecified atom stereocenters. The van der Waals surface area contributed by atoms with Crippen LogP contribution in [0.1, 0.15) is 36.6 Å². The first-order valence-corrected chi connectivity index (χ1v) is 8.51. The van der Waals surface area contributed by atoms with Gasteiger partial charge in [-0.2, -0.15) is 0 Å². The zero-order valence-electron chi connectivity index (χ0n) is 14.5. The van der Waals surface area contributed by atoms with Crippen molar-refractivity contribution in [3.05, 3.63) is 65.2 Å². The standard InChI is InChI=1S/C20H23N3O2/c1-13(15-8-5-9-18(10-15)23-14(2)24)22-20(25)19-11-16-6-3-4-7-17(16)12-21-19/h3-10,13,19,21H,11-12H2,1-2H3,(H,22,25)(H,23,24). The Bertz CT molecular complexity index is 788. The van der Waals surface area contributed by atoms with Crippen LogP contribution in [-0.4, -0.2) is 17.9 Å². The molecule has 1 aliphatic heterocycles. The summed E-state index contributed by atoms with van der Waals surface area (Å²) in [4.78, 5) is 23.8. The van der Waals surface area contributed by atoms with Crippen LogP contribution in [0.2, 0.25) is 0 Å². The lowest BCUT2D eigenvalue weighted by Gasteiger charge is -2.27. The van der Waals surface area contributed by atoms with Gasteiger partial charge in [-0.3, -0.25) is 9.59 Å². The lowest BCUT2D eigenvalue weighted by molar-refractivity contribution is -0.124. The summed E-state index contributed by atoms with van der Waals surface area (Å²) in [5, 5.41) is 9.13. The second kappa shape index (κ2) is 7.49. The van der Waals surface area contributed by atoms with Gasteiger partial charge in [0.25, 0.3) is 0 Å². The van der Waals surface area contributed by atoms with Gasteiger partial charge in [0.2, 0.25) is 11.8 Å². The lowest BCUT2D eigenvalue weighted by Crippen LogP contribution is -2.48. The second-order valence-corrected chi connectivity index (χ2v) is 6.44. The molecule has 0 radical (unpaired) electrons. The monoisotopic (exact) mass is 337 g/mol. The highest BCUT2D eigenvalue weighted by Gasteiger charge is 2.25. The SMILES string of the molecule is CC(=O)Nc1cccc(C(C)NC(=O)C2Cc3ccccc3CN2)c1. The van der Waals surface area contributed by atoms with Crippen molar-refractivity contribution in [2.24, 2.45) is 0 Å². The molecule has 25 heavy (non-hydrogen) atoms. The summed E-state index contributed by atoms with van der Waals surface area (Å²) in [7, 11) is 0. The van der Waals surface area contributed by atoms with Crippen molar-refractivity contribution < 1.29 is 9.59 Å². The van der Waals surface area contributed by atoms with E-state index in [1.54, 1.807) is 0 Å². The Labute approximate surface area is 147 Å². The molecule has 3 N–H and O–H groups in total. The summed E-state index contributed by atoms with van der Waals surface area (Å²) in [5.74, 6) is -0.120. The molecule has 0 fully saturated rings. The predicted octanol–water partition coefficient (Wildman–Crippen LogP) is 2.54. The van der Waals surface area contributed by atoms with E-state index >= 15 is 0 Å². The minimum absolute atomic E-state index is 0.00747. The third-order valence-corrected chi connectivity index (χ3v) is 4.46. The van der Waals surface area contributed by atoms with Gasteiger partial charge >= 0.3 is 0 Å². The summed E-state index contributed by atoms with van der Waals surface area (Å²) >= 11 is 0. The Morgan fingerprint density at radius 3 is 2.64 bits per heavy atom. The molecule has 0 saturated heterocycles. The third-order valence-electron chi connectivity index (χ3n) is 4.46. The highest BCUT2D eigenvalue weighted by atomic mass is 16.2. The van der Waals surface area contributed by atoms with Gasteiger partial charge in [-0.15, -0.1) is 0 Å². The molecule has 2 aromatic rings. The highest BCUT2D eigenvalue weighted by Crippen LogP contribution is 2.19. The quantitative estimate of drug-likeness (QED) is 0.803. The van der Waals surface area contributed by atoms with Crippen LogP contribution in [0.25, 0.3) is 0 Å². The molecule has 0 saturated carbocycles. The fourth-order valence-electron chi connectivity index (χ4n) is 3.13. The minimum Gasteiger partial charge on any atom is -0.348 e. The Morgan fingerprint density at radius 1 is 1.12 bits per heavy atom. The maximum absolute atomic E-state index is 12.6. The number of carbonyl (C=O) groups excluding carboxylic acids is 2. The number of fused-ring (bicyclic) bond motifs is 1. The Kier molecular flexibility index (Phi) is 5.14. The normalized spacial score (nSPS) is 17.3. The van der Waals surface area contributed by atoms with Crippen LogP contribution in [0.5, 0.6) is 0 Å². The largest absolute Gasteiger partial charge is 0.348 e. The summed E-state index contributed by atoms with van der Waals surface area (Å²) in [5.41, 5.74) is 4.16. The predicted molar refractivity (Wildman–Crippen MR) is 98.1 cm³/mol. The Morgan fingerprint density at radius 2 is 1.88 bits per heavy atom. The van der Waals surface area contributed by atoms with Crippen LogP contribution >= 0.6 is 0 Å². The van der Waals surface area contributed by atoms with Crippen molar-refractivity contribution in [2.45, 2.75) is 38.9 Å². The van der Waals surface area contributed by atoms with Gasteiger partial charge < -0.3 is 16.0 Å². The lowest BCUT2D eigenvalue weighted by atomic mass is 9.95. The molecule has 0 bridgehead atoms. The van der Waals surface area contributed by atoms with Gasteiger partial charge in [0.15, 0.2) is 0 Å². The van der Waals surface area contributed by atoms with Crippen molar-refractivity contribution in [3.63, 3.8) is 0 Å². The molecule has 3 rings (SSSR count). The topological polar surface area (TPSA) is 70.2 Å². The van der Waals surface area contributed by atoms with Crippen LogP contribution in [0.15, 0.2) is 48.5 Å². The number of carbonyl (C=O) groups is 2. The van der Waals surface area contributed by atoms with Crippen molar-refractivity contribution in [3.8, 4) is 0 Å². The van der Waals surface area contributed by atoms with Crippen LogP contribution in [0, 0.1) is 0 Å². The zero-order valence-corrected chi connectivity index (χ0v) is 14.5. The smallest absolute Gasteiger partial charge is 0.237 e. The molecule has 0 aromatic heterocycles. The van der Waals surface area contributed by atoms with Gasteiger partial charge in [-0.1, -0.05) is 36.4 Å². The summed E-state index contributed by atoms with van der Waals surface area (Å²) < 4.78 is 0. The number of hydrogen-bond acceptors (Lipinski definition) is 3. The molecule has 1 heterocycles. The minimum atomic E-state index is -0.226. The van der Waals surface area contributed by atoms with Crippen molar-refractivity contribution in [1.29, 1.82) is 0 Å². The number of hydrogen-bond donors (Lipinski definition) is 3. The van der Waals surface area contributed by atoms with E-state index in [-0.39, 0.29) is 23.9 Å². The third kappa shape index (κ3) is 4.25. The number of nitrogens with one attached hydrogen (secondary N) is 3. The average Bonchev–Trinajstić information content (AvgIpc) is 2.61. The molecule has 5 nitrogen and oxygen atoms in total. The first-order chi connectivity index (χ1) is 12.0. The van der Waals surface area contributed by atoms with E-state index in [2.05, 4.69) is 28.1 Å². The molecule has 2 aromatic carbocycles. The van der Waals surface area contributed by atoms with Gasteiger partial charge in [0, 0.05) is 19.2 Å². The summed E-state index contributed by atoms with van der Waals surface area (Å²) in [6, 6.07) is 15.4. The Hall–Kier alpha value is -2.66. The van der Waals surface area contributed by atoms with E-state index in [0.717, 1.165) is 11.3 Å². The summed E-state index contributed by atoms with van der Waals surface area (Å²) in [6.45, 7) is 4.13. The van der Waals surface area contributed by atoms with E-state index in [4.69, 9.17) is 0 Å². The number of anilines is 1. The molecule has 5 heteroatoms. The molecule has 0 spiro atoms. The van der Waals surface area contributed by atoms with E-state index in [9.17, 15) is 9.59 Å².